The molecule has 0 bridgehead atoms. The maximum atomic E-state index is 7.01. The van der Waals surface area contributed by atoms with Gasteiger partial charge in [-0.05, 0) is 82.7 Å². The van der Waals surface area contributed by atoms with Gasteiger partial charge in [0.25, 0.3) is 0 Å². The van der Waals surface area contributed by atoms with E-state index in [0.29, 0.717) is 11.3 Å². The number of nitrogens with zero attached hydrogens (tertiary/aromatic N) is 1. The van der Waals surface area contributed by atoms with Gasteiger partial charge in [0.2, 0.25) is 5.69 Å². The molecule has 2 heterocycles. The van der Waals surface area contributed by atoms with Gasteiger partial charge in [0.05, 0.1) is 10.9 Å². The summed E-state index contributed by atoms with van der Waals surface area (Å²) in [6.07, 6.45) is 7.35. The van der Waals surface area contributed by atoms with E-state index in [4.69, 9.17) is 4.74 Å². The lowest BCUT2D eigenvalue weighted by atomic mass is 9.71. The van der Waals surface area contributed by atoms with Crippen LogP contribution in [-0.2, 0) is 12.5 Å². The standard InChI is InChI=1S/C33H38NO/c1-20-24-10-8-9-11-25(24)29(32(2,3)4)31-27(20)30-28-22(14-17-34(30)7)18-23(19-26(28)35-31)21-12-15-33(5,6)16-13-21/h8-11,14,17-19,21H,12-13,15-16H2,1-7H3/q+1. The normalized spacial score (nSPS) is 17.5. The van der Waals surface area contributed by atoms with Gasteiger partial charge < -0.3 is 4.74 Å². The van der Waals surface area contributed by atoms with Gasteiger partial charge in [-0.2, -0.15) is 0 Å². The molecule has 1 fully saturated rings. The van der Waals surface area contributed by atoms with E-state index < -0.39 is 0 Å². The van der Waals surface area contributed by atoms with Crippen molar-refractivity contribution in [2.24, 2.45) is 12.5 Å². The van der Waals surface area contributed by atoms with Crippen molar-refractivity contribution in [1.82, 2.24) is 0 Å². The fourth-order valence-corrected chi connectivity index (χ4v) is 6.66. The molecular formula is C33H38NO+. The number of benzene rings is 3. The third-order valence-electron chi connectivity index (χ3n) is 8.66. The Kier molecular flexibility index (Phi) is 4.88. The molecule has 2 aliphatic rings. The summed E-state index contributed by atoms with van der Waals surface area (Å²) in [6, 6.07) is 15.9. The first-order chi connectivity index (χ1) is 16.5. The largest absolute Gasteiger partial charge is 0.455 e. The Labute approximate surface area is 209 Å². The van der Waals surface area contributed by atoms with E-state index in [0.717, 1.165) is 11.5 Å². The van der Waals surface area contributed by atoms with Gasteiger partial charge in [-0.1, -0.05) is 65.0 Å². The molecule has 4 aromatic rings. The van der Waals surface area contributed by atoms with Gasteiger partial charge in [0, 0.05) is 11.6 Å². The molecule has 2 nitrogen and oxygen atoms in total. The molecule has 1 aliphatic carbocycles. The van der Waals surface area contributed by atoms with Crippen LogP contribution < -0.4 is 9.30 Å². The molecule has 0 unspecified atom stereocenters. The molecule has 0 N–H and O–H groups in total. The summed E-state index contributed by atoms with van der Waals surface area (Å²) in [6.45, 7) is 14.0. The molecule has 6 rings (SSSR count). The van der Waals surface area contributed by atoms with E-state index >= 15 is 0 Å². The maximum absolute atomic E-state index is 7.01. The van der Waals surface area contributed by atoms with Crippen molar-refractivity contribution in [2.75, 3.05) is 0 Å². The Bertz CT molecular complexity index is 1490. The fraction of sp³-hybridized carbons (Fsp3) is 0.424. The van der Waals surface area contributed by atoms with Crippen LogP contribution >= 0.6 is 0 Å². The molecule has 1 saturated carbocycles. The third kappa shape index (κ3) is 3.48. The van der Waals surface area contributed by atoms with Crippen LogP contribution in [-0.4, -0.2) is 0 Å². The average molecular weight is 465 g/mol. The molecule has 0 radical (unpaired) electrons. The van der Waals surface area contributed by atoms with Gasteiger partial charge in [-0.3, -0.25) is 0 Å². The lowest BCUT2D eigenvalue weighted by molar-refractivity contribution is -0.659. The average Bonchev–Trinajstić information content (AvgIpc) is 2.80. The number of rotatable bonds is 1. The lowest BCUT2D eigenvalue weighted by Gasteiger charge is -2.35. The highest BCUT2D eigenvalue weighted by Gasteiger charge is 2.36. The first-order valence-corrected chi connectivity index (χ1v) is 13.3. The summed E-state index contributed by atoms with van der Waals surface area (Å²) >= 11 is 0. The van der Waals surface area contributed by atoms with Crippen molar-refractivity contribution in [3.8, 4) is 22.8 Å². The molecule has 1 aliphatic heterocycles. The highest BCUT2D eigenvalue weighted by Crippen LogP contribution is 2.54. The molecule has 35 heavy (non-hydrogen) atoms. The van der Waals surface area contributed by atoms with E-state index in [-0.39, 0.29) is 5.41 Å². The number of pyridine rings is 1. The van der Waals surface area contributed by atoms with Crippen molar-refractivity contribution in [3.05, 3.63) is 65.4 Å². The molecule has 3 aromatic carbocycles. The zero-order valence-electron chi connectivity index (χ0n) is 22.4. The van der Waals surface area contributed by atoms with Crippen LogP contribution in [0, 0.1) is 12.3 Å². The summed E-state index contributed by atoms with van der Waals surface area (Å²) in [5.74, 6) is 2.69. The van der Waals surface area contributed by atoms with Crippen LogP contribution in [0.2, 0.25) is 0 Å². The van der Waals surface area contributed by atoms with Crippen LogP contribution in [0.15, 0.2) is 48.7 Å². The van der Waals surface area contributed by atoms with Gasteiger partial charge >= 0.3 is 0 Å². The van der Waals surface area contributed by atoms with Crippen LogP contribution in [0.4, 0.5) is 0 Å². The maximum Gasteiger partial charge on any atom is 0.228 e. The number of fused-ring (bicyclic) bond motifs is 3. The Morgan fingerprint density at radius 1 is 0.971 bits per heavy atom. The molecule has 0 saturated heterocycles. The van der Waals surface area contributed by atoms with Crippen molar-refractivity contribution in [1.29, 1.82) is 0 Å². The van der Waals surface area contributed by atoms with Gasteiger partial charge in [0.15, 0.2) is 6.20 Å². The SMILES string of the molecule is Cc1c2c(c(C(C)(C)C)c3ccccc13)Oc1cc(C3CCC(C)(C)CC3)cc3cc[n+](C)c-2c13. The molecule has 180 valence electrons. The van der Waals surface area contributed by atoms with E-state index in [1.54, 1.807) is 0 Å². The predicted octanol–water partition coefficient (Wildman–Crippen LogP) is 8.88. The Morgan fingerprint density at radius 2 is 1.66 bits per heavy atom. The molecule has 0 spiro atoms. The number of aromatic nitrogens is 1. The molecular weight excluding hydrogens is 426 g/mol. The number of hydrogen-bond acceptors (Lipinski definition) is 1. The molecule has 2 heteroatoms. The highest BCUT2D eigenvalue weighted by atomic mass is 16.5. The molecule has 0 atom stereocenters. The second-order valence-electron chi connectivity index (χ2n) is 12.8. The highest BCUT2D eigenvalue weighted by molar-refractivity contribution is 6.07. The predicted molar refractivity (Wildman–Crippen MR) is 147 cm³/mol. The smallest absolute Gasteiger partial charge is 0.228 e. The minimum absolute atomic E-state index is 0.0477. The summed E-state index contributed by atoms with van der Waals surface area (Å²) in [5, 5.41) is 5.17. The second kappa shape index (κ2) is 7.56. The van der Waals surface area contributed by atoms with Crippen molar-refractivity contribution in [3.63, 3.8) is 0 Å². The van der Waals surface area contributed by atoms with Crippen LogP contribution in [0.3, 0.4) is 0 Å². The summed E-state index contributed by atoms with van der Waals surface area (Å²) < 4.78 is 9.31. The van der Waals surface area contributed by atoms with E-state index in [1.165, 1.54) is 75.2 Å². The second-order valence-corrected chi connectivity index (χ2v) is 12.8. The van der Waals surface area contributed by atoms with Gasteiger partial charge in [0.1, 0.15) is 18.5 Å². The van der Waals surface area contributed by atoms with E-state index in [9.17, 15) is 0 Å². The Hall–Kier alpha value is -2.87. The minimum atomic E-state index is -0.0477. The van der Waals surface area contributed by atoms with Crippen molar-refractivity contribution in [2.45, 2.75) is 78.6 Å². The first kappa shape index (κ1) is 22.6. The van der Waals surface area contributed by atoms with Gasteiger partial charge in [-0.25, -0.2) is 4.57 Å². The quantitative estimate of drug-likeness (QED) is 0.226. The van der Waals surface area contributed by atoms with Crippen molar-refractivity contribution < 1.29 is 9.30 Å². The monoisotopic (exact) mass is 464 g/mol. The molecule has 0 amide bonds. The molecule has 1 aromatic heterocycles. The van der Waals surface area contributed by atoms with Gasteiger partial charge in [-0.15, -0.1) is 0 Å². The third-order valence-corrected chi connectivity index (χ3v) is 8.66. The summed E-state index contributed by atoms with van der Waals surface area (Å²) in [5.41, 5.74) is 7.01. The van der Waals surface area contributed by atoms with Crippen LogP contribution in [0.5, 0.6) is 11.5 Å². The zero-order chi connectivity index (χ0) is 24.7. The summed E-state index contributed by atoms with van der Waals surface area (Å²) in [7, 11) is 2.18. The summed E-state index contributed by atoms with van der Waals surface area (Å²) in [4.78, 5) is 0. The van der Waals surface area contributed by atoms with Crippen molar-refractivity contribution >= 4 is 21.5 Å². The van der Waals surface area contributed by atoms with Crippen LogP contribution in [0.25, 0.3) is 32.8 Å². The zero-order valence-corrected chi connectivity index (χ0v) is 22.4. The number of ether oxygens (including phenoxy) is 1. The number of hydrogen-bond donors (Lipinski definition) is 0. The lowest BCUT2D eigenvalue weighted by Crippen LogP contribution is -2.32. The first-order valence-electron chi connectivity index (χ1n) is 13.3. The van der Waals surface area contributed by atoms with Crippen LogP contribution in [0.1, 0.15) is 82.9 Å². The topological polar surface area (TPSA) is 13.1 Å². The number of aryl methyl sites for hydroxylation is 2. The Morgan fingerprint density at radius 3 is 2.34 bits per heavy atom. The minimum Gasteiger partial charge on any atom is -0.455 e. The Balaban J connectivity index is 1.65. The van der Waals surface area contributed by atoms with E-state index in [2.05, 4.69) is 102 Å². The fourth-order valence-electron chi connectivity index (χ4n) is 6.66. The van der Waals surface area contributed by atoms with E-state index in [1.807, 2.05) is 0 Å².